The number of piperidine rings is 1. The topological polar surface area (TPSA) is 59.3 Å². The summed E-state index contributed by atoms with van der Waals surface area (Å²) in [6, 6.07) is 7.21. The molecule has 19 heavy (non-hydrogen) atoms. The smallest absolute Gasteiger partial charge is 0.165 e. The van der Waals surface area contributed by atoms with Gasteiger partial charge in [-0.05, 0) is 38.1 Å². The molecule has 0 radical (unpaired) electrons. The van der Waals surface area contributed by atoms with Crippen molar-refractivity contribution in [2.75, 3.05) is 13.1 Å². The molecule has 0 aliphatic carbocycles. The summed E-state index contributed by atoms with van der Waals surface area (Å²) >= 11 is 0. The number of hydrogen-bond donors (Lipinski definition) is 2. The fourth-order valence-electron chi connectivity index (χ4n) is 2.33. The summed E-state index contributed by atoms with van der Waals surface area (Å²) in [5, 5.41) is 17.1. The number of nitrogens with one attached hydrogen (secondary N) is 1. The first-order valence-corrected chi connectivity index (χ1v) is 6.53. The Kier molecular flexibility index (Phi) is 3.37. The molecule has 2 aromatic rings. The van der Waals surface area contributed by atoms with Crippen molar-refractivity contribution < 1.29 is 9.84 Å². The second-order valence-corrected chi connectivity index (χ2v) is 4.74. The lowest BCUT2D eigenvalue weighted by molar-refractivity contribution is 0.342. The van der Waals surface area contributed by atoms with Crippen molar-refractivity contribution in [3.8, 4) is 17.2 Å². The first-order chi connectivity index (χ1) is 9.31. The van der Waals surface area contributed by atoms with E-state index in [1.165, 1.54) is 0 Å². The maximum atomic E-state index is 9.39. The minimum Gasteiger partial charge on any atom is -0.508 e. The van der Waals surface area contributed by atoms with Crippen LogP contribution in [0.25, 0.3) is 0 Å². The molecule has 1 aromatic heterocycles. The number of aromatic hydroxyl groups is 1. The van der Waals surface area contributed by atoms with Gasteiger partial charge in [0.2, 0.25) is 0 Å². The average molecular weight is 259 g/mol. The zero-order valence-electron chi connectivity index (χ0n) is 10.6. The predicted octanol–water partition coefficient (Wildman–Crippen LogP) is 2.31. The highest BCUT2D eigenvalue weighted by Crippen LogP contribution is 2.26. The lowest BCUT2D eigenvalue weighted by atomic mass is 10.1. The van der Waals surface area contributed by atoms with Crippen molar-refractivity contribution in [1.82, 2.24) is 15.1 Å². The van der Waals surface area contributed by atoms with Gasteiger partial charge in [0.25, 0.3) is 0 Å². The standard InChI is InChI=1S/C14H17N3O2/c18-12-2-1-3-13(8-12)19-14-9-16-17(10-14)11-4-6-15-7-5-11/h1-3,8-11,15,18H,4-7H2. The van der Waals surface area contributed by atoms with Crippen LogP contribution in [0, 0.1) is 0 Å². The van der Waals surface area contributed by atoms with Crippen molar-refractivity contribution in [2.45, 2.75) is 18.9 Å². The van der Waals surface area contributed by atoms with Crippen LogP contribution in [0.1, 0.15) is 18.9 Å². The van der Waals surface area contributed by atoms with Crippen LogP contribution in [0.3, 0.4) is 0 Å². The first-order valence-electron chi connectivity index (χ1n) is 6.53. The molecule has 1 aliphatic rings. The molecule has 1 saturated heterocycles. The molecule has 0 amide bonds. The maximum Gasteiger partial charge on any atom is 0.165 e. The van der Waals surface area contributed by atoms with Gasteiger partial charge >= 0.3 is 0 Å². The summed E-state index contributed by atoms with van der Waals surface area (Å²) in [6.07, 6.45) is 5.81. The van der Waals surface area contributed by atoms with E-state index in [0.717, 1.165) is 25.9 Å². The van der Waals surface area contributed by atoms with Crippen LogP contribution in [0.5, 0.6) is 17.2 Å². The van der Waals surface area contributed by atoms with E-state index in [1.54, 1.807) is 24.4 Å². The van der Waals surface area contributed by atoms with Crippen molar-refractivity contribution >= 4 is 0 Å². The van der Waals surface area contributed by atoms with Crippen molar-refractivity contribution in [3.05, 3.63) is 36.7 Å². The fourth-order valence-corrected chi connectivity index (χ4v) is 2.33. The van der Waals surface area contributed by atoms with Gasteiger partial charge in [0.05, 0.1) is 18.4 Å². The van der Waals surface area contributed by atoms with Crippen LogP contribution in [-0.4, -0.2) is 28.0 Å². The van der Waals surface area contributed by atoms with Gasteiger partial charge < -0.3 is 15.2 Å². The molecule has 0 saturated carbocycles. The van der Waals surface area contributed by atoms with E-state index in [1.807, 2.05) is 16.9 Å². The van der Waals surface area contributed by atoms with Crippen LogP contribution in [-0.2, 0) is 0 Å². The molecule has 2 heterocycles. The number of benzene rings is 1. The lowest BCUT2D eigenvalue weighted by Crippen LogP contribution is -2.29. The largest absolute Gasteiger partial charge is 0.508 e. The minimum absolute atomic E-state index is 0.197. The SMILES string of the molecule is Oc1cccc(Oc2cnn(C3CCNCC3)c2)c1. The van der Waals surface area contributed by atoms with Crippen LogP contribution in [0.15, 0.2) is 36.7 Å². The van der Waals surface area contributed by atoms with Gasteiger partial charge in [-0.15, -0.1) is 0 Å². The molecule has 0 bridgehead atoms. The highest BCUT2D eigenvalue weighted by molar-refractivity contribution is 5.34. The third-order valence-electron chi connectivity index (χ3n) is 3.31. The van der Waals surface area contributed by atoms with Gasteiger partial charge in [-0.3, -0.25) is 4.68 Å². The molecular weight excluding hydrogens is 242 g/mol. The average Bonchev–Trinajstić information content (AvgIpc) is 2.88. The first kappa shape index (κ1) is 12.0. The molecule has 1 aliphatic heterocycles. The van der Waals surface area contributed by atoms with E-state index in [9.17, 15) is 5.11 Å². The normalized spacial score (nSPS) is 16.4. The Morgan fingerprint density at radius 2 is 2.11 bits per heavy atom. The van der Waals surface area contributed by atoms with E-state index in [-0.39, 0.29) is 5.75 Å². The van der Waals surface area contributed by atoms with Gasteiger partial charge in [0, 0.05) is 6.07 Å². The number of phenols is 1. The number of phenolic OH excluding ortho intramolecular Hbond substituents is 1. The summed E-state index contributed by atoms with van der Waals surface area (Å²) in [6.45, 7) is 2.07. The summed E-state index contributed by atoms with van der Waals surface area (Å²) in [5.74, 6) is 1.51. The monoisotopic (exact) mass is 259 g/mol. The number of ether oxygens (including phenoxy) is 1. The molecular formula is C14H17N3O2. The van der Waals surface area contributed by atoms with Crippen molar-refractivity contribution in [1.29, 1.82) is 0 Å². The number of hydrogen-bond acceptors (Lipinski definition) is 4. The zero-order chi connectivity index (χ0) is 13.1. The molecule has 1 fully saturated rings. The Labute approximate surface area is 111 Å². The Morgan fingerprint density at radius 3 is 2.89 bits per heavy atom. The quantitative estimate of drug-likeness (QED) is 0.888. The van der Waals surface area contributed by atoms with Gasteiger partial charge in [-0.2, -0.15) is 5.10 Å². The van der Waals surface area contributed by atoms with Gasteiger partial charge in [0.1, 0.15) is 11.5 Å². The van der Waals surface area contributed by atoms with Crippen LogP contribution in [0.4, 0.5) is 0 Å². The van der Waals surface area contributed by atoms with Crippen molar-refractivity contribution in [3.63, 3.8) is 0 Å². The maximum absolute atomic E-state index is 9.39. The fraction of sp³-hybridized carbons (Fsp3) is 0.357. The molecule has 0 atom stereocenters. The van der Waals surface area contributed by atoms with Gasteiger partial charge in [0.15, 0.2) is 5.75 Å². The lowest BCUT2D eigenvalue weighted by Gasteiger charge is -2.22. The molecule has 5 heteroatoms. The number of aromatic nitrogens is 2. The van der Waals surface area contributed by atoms with E-state index in [4.69, 9.17) is 4.74 Å². The second kappa shape index (κ2) is 5.32. The van der Waals surface area contributed by atoms with Crippen LogP contribution in [0.2, 0.25) is 0 Å². The van der Waals surface area contributed by atoms with E-state index >= 15 is 0 Å². The Balaban J connectivity index is 1.70. The van der Waals surface area contributed by atoms with Gasteiger partial charge in [-0.25, -0.2) is 0 Å². The van der Waals surface area contributed by atoms with Crippen molar-refractivity contribution in [2.24, 2.45) is 0 Å². The highest BCUT2D eigenvalue weighted by Gasteiger charge is 2.16. The third-order valence-corrected chi connectivity index (χ3v) is 3.31. The zero-order valence-corrected chi connectivity index (χ0v) is 10.6. The van der Waals surface area contributed by atoms with Gasteiger partial charge in [-0.1, -0.05) is 6.07 Å². The molecule has 100 valence electrons. The summed E-state index contributed by atoms with van der Waals surface area (Å²) in [7, 11) is 0. The third kappa shape index (κ3) is 2.88. The molecule has 0 spiro atoms. The number of rotatable bonds is 3. The molecule has 5 nitrogen and oxygen atoms in total. The highest BCUT2D eigenvalue weighted by atomic mass is 16.5. The summed E-state index contributed by atoms with van der Waals surface area (Å²) in [5.41, 5.74) is 0. The molecule has 2 N–H and O–H groups in total. The van der Waals surface area contributed by atoms with Crippen LogP contribution < -0.4 is 10.1 Å². The molecule has 3 rings (SSSR count). The van der Waals surface area contributed by atoms with E-state index in [2.05, 4.69) is 10.4 Å². The summed E-state index contributed by atoms with van der Waals surface area (Å²) < 4.78 is 7.64. The van der Waals surface area contributed by atoms with Crippen LogP contribution >= 0.6 is 0 Å². The number of nitrogens with zero attached hydrogens (tertiary/aromatic N) is 2. The molecule has 0 unspecified atom stereocenters. The Hall–Kier alpha value is -2.01. The predicted molar refractivity (Wildman–Crippen MR) is 71.5 cm³/mol. The Morgan fingerprint density at radius 1 is 1.26 bits per heavy atom. The minimum atomic E-state index is 0.197. The molecule has 1 aromatic carbocycles. The second-order valence-electron chi connectivity index (χ2n) is 4.74. The summed E-state index contributed by atoms with van der Waals surface area (Å²) in [4.78, 5) is 0. The van der Waals surface area contributed by atoms with E-state index in [0.29, 0.717) is 17.5 Å². The van der Waals surface area contributed by atoms with E-state index < -0.39 is 0 Å². The Bertz CT molecular complexity index is 547.